The lowest BCUT2D eigenvalue weighted by Crippen LogP contribution is -2.09. The third-order valence-electron chi connectivity index (χ3n) is 3.10. The Kier molecular flexibility index (Phi) is 3.96. The number of carbonyl (C=O) groups excluding carboxylic acids is 1. The van der Waals surface area contributed by atoms with E-state index in [9.17, 15) is 4.79 Å². The number of hydrogen-bond acceptors (Lipinski definition) is 5. The zero-order chi connectivity index (χ0) is 15.7. The van der Waals surface area contributed by atoms with Crippen molar-refractivity contribution in [3.05, 3.63) is 51.9 Å². The second-order valence-electron chi connectivity index (χ2n) is 4.53. The van der Waals surface area contributed by atoms with E-state index in [1.807, 2.05) is 0 Å². The number of methoxy groups -OCH3 is 1. The molecule has 3 aromatic rings. The number of rotatable bonds is 3. The van der Waals surface area contributed by atoms with Gasteiger partial charge in [-0.3, -0.25) is 4.68 Å². The minimum Gasteiger partial charge on any atom is -0.465 e. The Morgan fingerprint density at radius 1 is 1.27 bits per heavy atom. The number of esters is 1. The summed E-state index contributed by atoms with van der Waals surface area (Å²) in [5, 5.41) is 13.6. The van der Waals surface area contributed by atoms with Gasteiger partial charge in [0.25, 0.3) is 0 Å². The maximum Gasteiger partial charge on any atom is 0.340 e. The zero-order valence-corrected chi connectivity index (χ0v) is 13.0. The van der Waals surface area contributed by atoms with E-state index < -0.39 is 5.97 Å². The van der Waals surface area contributed by atoms with Gasteiger partial charge in [-0.05, 0) is 24.3 Å². The van der Waals surface area contributed by atoms with Gasteiger partial charge in [-0.15, -0.1) is 5.10 Å². The molecule has 0 saturated carbocycles. The summed E-state index contributed by atoms with van der Waals surface area (Å²) in [7, 11) is 1.32. The first kappa shape index (κ1) is 14.7. The molecule has 0 aliphatic carbocycles. The Labute approximate surface area is 135 Å². The lowest BCUT2D eigenvalue weighted by molar-refractivity contribution is 0.0602. The smallest absolute Gasteiger partial charge is 0.340 e. The Hall–Kier alpha value is -2.18. The van der Waals surface area contributed by atoms with Gasteiger partial charge in [0.2, 0.25) is 0 Å². The topological polar surface area (TPSA) is 69.9 Å². The Morgan fingerprint density at radius 3 is 2.77 bits per heavy atom. The molecule has 2 aromatic heterocycles. The van der Waals surface area contributed by atoms with Crippen LogP contribution in [-0.2, 0) is 11.3 Å². The predicted molar refractivity (Wildman–Crippen MR) is 82.2 cm³/mol. The van der Waals surface area contributed by atoms with E-state index >= 15 is 0 Å². The number of carbonyl (C=O) groups is 1. The summed E-state index contributed by atoms with van der Waals surface area (Å²) in [6.07, 6.45) is 1.64. The van der Waals surface area contributed by atoms with Gasteiger partial charge in [0.1, 0.15) is 0 Å². The van der Waals surface area contributed by atoms with Gasteiger partial charge in [-0.2, -0.15) is 10.2 Å². The van der Waals surface area contributed by atoms with Crippen LogP contribution in [0.25, 0.3) is 10.9 Å². The highest BCUT2D eigenvalue weighted by Gasteiger charge is 2.17. The molecular weight excluding hydrogens is 327 g/mol. The third kappa shape index (κ3) is 2.75. The first-order chi connectivity index (χ1) is 10.6. The van der Waals surface area contributed by atoms with Gasteiger partial charge in [-0.1, -0.05) is 23.2 Å². The molecule has 3 rings (SSSR count). The van der Waals surface area contributed by atoms with Crippen LogP contribution < -0.4 is 0 Å². The normalized spacial score (nSPS) is 10.9. The first-order valence-electron chi connectivity index (χ1n) is 6.30. The maximum atomic E-state index is 12.0. The minimum absolute atomic E-state index is 0.316. The monoisotopic (exact) mass is 336 g/mol. The SMILES string of the molecule is COC(=O)c1cc(Cl)cc2cnn(Cc3ccc(Cl)nn3)c12. The minimum atomic E-state index is -0.476. The summed E-state index contributed by atoms with van der Waals surface area (Å²) in [6.45, 7) is 0.347. The van der Waals surface area contributed by atoms with Crippen molar-refractivity contribution in [1.29, 1.82) is 0 Å². The van der Waals surface area contributed by atoms with E-state index in [2.05, 4.69) is 15.3 Å². The van der Waals surface area contributed by atoms with E-state index in [1.165, 1.54) is 7.11 Å². The van der Waals surface area contributed by atoms with Crippen LogP contribution in [0.1, 0.15) is 16.1 Å². The summed E-state index contributed by atoms with van der Waals surface area (Å²) in [5.74, 6) is -0.476. The summed E-state index contributed by atoms with van der Waals surface area (Å²) < 4.78 is 6.45. The highest BCUT2D eigenvalue weighted by molar-refractivity contribution is 6.32. The highest BCUT2D eigenvalue weighted by atomic mass is 35.5. The Morgan fingerprint density at radius 2 is 2.09 bits per heavy atom. The van der Waals surface area contributed by atoms with E-state index in [1.54, 1.807) is 35.1 Å². The third-order valence-corrected chi connectivity index (χ3v) is 3.52. The first-order valence-corrected chi connectivity index (χ1v) is 7.05. The molecule has 0 aliphatic heterocycles. The molecule has 112 valence electrons. The number of halogens is 2. The Balaban J connectivity index is 2.10. The molecule has 1 aromatic carbocycles. The fraction of sp³-hybridized carbons (Fsp3) is 0.143. The average molecular weight is 337 g/mol. The quantitative estimate of drug-likeness (QED) is 0.687. The molecule has 0 bridgehead atoms. The number of benzene rings is 1. The number of aromatic nitrogens is 4. The number of fused-ring (bicyclic) bond motifs is 1. The number of nitrogens with zero attached hydrogens (tertiary/aromatic N) is 4. The molecule has 2 heterocycles. The van der Waals surface area contributed by atoms with E-state index in [0.717, 1.165) is 5.39 Å². The van der Waals surface area contributed by atoms with Crippen LogP contribution in [0.15, 0.2) is 30.5 Å². The summed E-state index contributed by atoms with van der Waals surface area (Å²) in [4.78, 5) is 12.0. The summed E-state index contributed by atoms with van der Waals surface area (Å²) in [6, 6.07) is 6.69. The molecule has 0 fully saturated rings. The van der Waals surface area contributed by atoms with Gasteiger partial charge in [0.15, 0.2) is 5.15 Å². The lowest BCUT2D eigenvalue weighted by Gasteiger charge is -2.07. The molecule has 0 saturated heterocycles. The van der Waals surface area contributed by atoms with Crippen LogP contribution in [0.2, 0.25) is 10.2 Å². The largest absolute Gasteiger partial charge is 0.465 e. The molecule has 22 heavy (non-hydrogen) atoms. The maximum absolute atomic E-state index is 12.0. The van der Waals surface area contributed by atoms with Gasteiger partial charge in [-0.25, -0.2) is 4.79 Å². The summed E-state index contributed by atoms with van der Waals surface area (Å²) in [5.41, 5.74) is 1.65. The molecule has 0 aliphatic rings. The van der Waals surface area contributed by atoms with E-state index in [-0.39, 0.29) is 0 Å². The molecular formula is C14H10Cl2N4O2. The highest BCUT2D eigenvalue weighted by Crippen LogP contribution is 2.25. The van der Waals surface area contributed by atoms with Crippen molar-refractivity contribution in [3.63, 3.8) is 0 Å². The summed E-state index contributed by atoms with van der Waals surface area (Å²) >= 11 is 11.7. The van der Waals surface area contributed by atoms with Crippen molar-refractivity contribution in [2.45, 2.75) is 6.54 Å². The van der Waals surface area contributed by atoms with Crippen LogP contribution in [0, 0.1) is 0 Å². The van der Waals surface area contributed by atoms with Gasteiger partial charge < -0.3 is 4.74 Å². The van der Waals surface area contributed by atoms with E-state index in [4.69, 9.17) is 27.9 Å². The molecule has 0 N–H and O–H groups in total. The van der Waals surface area contributed by atoms with Crippen molar-refractivity contribution < 1.29 is 9.53 Å². The molecule has 0 unspecified atom stereocenters. The molecule has 8 heteroatoms. The van der Waals surface area contributed by atoms with Crippen LogP contribution in [0.3, 0.4) is 0 Å². The van der Waals surface area contributed by atoms with Crippen LogP contribution in [0.5, 0.6) is 0 Å². The van der Waals surface area contributed by atoms with Gasteiger partial charge >= 0.3 is 5.97 Å². The van der Waals surface area contributed by atoms with E-state index in [0.29, 0.717) is 33.5 Å². The van der Waals surface area contributed by atoms with Gasteiger partial charge in [0, 0.05) is 10.4 Å². The molecule has 0 amide bonds. The van der Waals surface area contributed by atoms with Crippen molar-refractivity contribution in [2.24, 2.45) is 0 Å². The average Bonchev–Trinajstić information content (AvgIpc) is 2.90. The standard InChI is InChI=1S/C14H10Cl2N4O2/c1-22-14(21)11-5-9(15)4-8-6-17-20(13(8)11)7-10-2-3-12(16)19-18-10/h2-6H,7H2,1H3. The van der Waals surface area contributed by atoms with Crippen molar-refractivity contribution in [1.82, 2.24) is 20.0 Å². The Bertz CT molecular complexity index is 846. The molecule has 0 radical (unpaired) electrons. The number of hydrogen-bond donors (Lipinski definition) is 0. The predicted octanol–water partition coefficient (Wildman–Crippen LogP) is 2.97. The van der Waals surface area contributed by atoms with Crippen molar-refractivity contribution in [2.75, 3.05) is 7.11 Å². The fourth-order valence-electron chi connectivity index (χ4n) is 2.16. The zero-order valence-electron chi connectivity index (χ0n) is 11.5. The molecule has 0 atom stereocenters. The fourth-order valence-corrected chi connectivity index (χ4v) is 2.49. The molecule has 0 spiro atoms. The van der Waals surface area contributed by atoms with Crippen LogP contribution in [-0.4, -0.2) is 33.1 Å². The number of ether oxygens (including phenoxy) is 1. The second kappa shape index (κ2) is 5.90. The van der Waals surface area contributed by atoms with Gasteiger partial charge in [0.05, 0.1) is 36.6 Å². The lowest BCUT2D eigenvalue weighted by atomic mass is 10.1. The van der Waals surface area contributed by atoms with Crippen LogP contribution in [0.4, 0.5) is 0 Å². The molecule has 6 nitrogen and oxygen atoms in total. The van der Waals surface area contributed by atoms with Crippen molar-refractivity contribution >= 4 is 40.1 Å². The second-order valence-corrected chi connectivity index (χ2v) is 5.36. The van der Waals surface area contributed by atoms with Crippen molar-refractivity contribution in [3.8, 4) is 0 Å². The van der Waals surface area contributed by atoms with Crippen LogP contribution >= 0.6 is 23.2 Å².